The van der Waals surface area contributed by atoms with E-state index < -0.39 is 0 Å². The predicted octanol–water partition coefficient (Wildman–Crippen LogP) is 8.08. The smallest absolute Gasteiger partial charge is 0.197 e. The minimum atomic E-state index is -0.197. The lowest BCUT2D eigenvalue weighted by Gasteiger charge is -2.32. The zero-order valence-electron chi connectivity index (χ0n) is 20.4. The van der Waals surface area contributed by atoms with Crippen LogP contribution in [0.4, 0.5) is 0 Å². The zero-order chi connectivity index (χ0) is 24.0. The molecule has 2 nitrogen and oxygen atoms in total. The highest BCUT2D eigenvalue weighted by molar-refractivity contribution is 6.39. The van der Waals surface area contributed by atoms with E-state index in [9.17, 15) is 9.59 Å². The minimum absolute atomic E-state index is 0.197. The van der Waals surface area contributed by atoms with Gasteiger partial charge >= 0.3 is 0 Å². The first-order valence-electron chi connectivity index (χ1n) is 11.7. The van der Waals surface area contributed by atoms with Crippen LogP contribution in [0.5, 0.6) is 0 Å². The minimum Gasteiger partial charge on any atom is -0.288 e. The van der Waals surface area contributed by atoms with Gasteiger partial charge < -0.3 is 0 Å². The number of hydrogen-bond donors (Lipinski definition) is 0. The molecule has 3 rings (SSSR count). The summed E-state index contributed by atoms with van der Waals surface area (Å²) in [6.07, 6.45) is 21.6. The number of hydrogen-bond acceptors (Lipinski definition) is 2. The molecule has 0 saturated heterocycles. The number of ketones is 2. The Morgan fingerprint density at radius 3 is 2.12 bits per heavy atom. The Bertz CT molecular complexity index is 1120. The maximum atomic E-state index is 12.4. The van der Waals surface area contributed by atoms with Crippen molar-refractivity contribution in [3.8, 4) is 0 Å². The van der Waals surface area contributed by atoms with Crippen LogP contribution in [-0.4, -0.2) is 11.6 Å². The number of fused-ring (bicyclic) bond motifs is 1. The number of rotatable bonds is 6. The van der Waals surface area contributed by atoms with E-state index in [-0.39, 0.29) is 22.6 Å². The second-order valence-electron chi connectivity index (χ2n) is 9.61. The molecule has 0 saturated carbocycles. The third kappa shape index (κ3) is 5.96. The largest absolute Gasteiger partial charge is 0.288 e. The van der Waals surface area contributed by atoms with Crippen molar-refractivity contribution in [2.24, 2.45) is 5.41 Å². The summed E-state index contributed by atoms with van der Waals surface area (Å²) in [4.78, 5) is 24.8. The van der Waals surface area contributed by atoms with Gasteiger partial charge in [-0.05, 0) is 57.1 Å². The molecule has 0 aromatic heterocycles. The van der Waals surface area contributed by atoms with E-state index in [2.05, 4.69) is 45.9 Å². The first-order valence-corrected chi connectivity index (χ1v) is 11.7. The van der Waals surface area contributed by atoms with Gasteiger partial charge in [0, 0.05) is 11.1 Å². The first-order chi connectivity index (χ1) is 15.7. The second-order valence-corrected chi connectivity index (χ2v) is 9.61. The SMILES string of the molecule is CC1=C(/C=C/C(C)=C/C=C/C(C)=C/C=C/C=C2C(=O)c3ccccc3C2=O)C(C)(C)CCC1. The lowest BCUT2D eigenvalue weighted by molar-refractivity contribution is 0.0989. The Kier molecular flexibility index (Phi) is 7.81. The van der Waals surface area contributed by atoms with Gasteiger partial charge in [0.1, 0.15) is 0 Å². The molecule has 0 fully saturated rings. The van der Waals surface area contributed by atoms with Crippen LogP contribution in [0.2, 0.25) is 0 Å². The molecular formula is C31H34O2. The van der Waals surface area contributed by atoms with E-state index in [1.54, 1.807) is 36.4 Å². The fourth-order valence-electron chi connectivity index (χ4n) is 4.47. The van der Waals surface area contributed by atoms with E-state index in [1.807, 2.05) is 31.2 Å². The van der Waals surface area contributed by atoms with Crippen molar-refractivity contribution < 1.29 is 9.59 Å². The van der Waals surface area contributed by atoms with Crippen LogP contribution in [0.3, 0.4) is 0 Å². The van der Waals surface area contributed by atoms with E-state index in [0.717, 1.165) is 5.57 Å². The van der Waals surface area contributed by atoms with Crippen LogP contribution in [0, 0.1) is 5.41 Å². The Morgan fingerprint density at radius 2 is 1.48 bits per heavy atom. The monoisotopic (exact) mass is 438 g/mol. The molecule has 2 heteroatoms. The molecule has 2 aliphatic carbocycles. The first kappa shape index (κ1) is 24.4. The van der Waals surface area contributed by atoms with Gasteiger partial charge in [0.15, 0.2) is 11.6 Å². The maximum absolute atomic E-state index is 12.4. The van der Waals surface area contributed by atoms with Crippen molar-refractivity contribution in [1.29, 1.82) is 0 Å². The average molecular weight is 439 g/mol. The lowest BCUT2D eigenvalue weighted by Crippen LogP contribution is -2.19. The topological polar surface area (TPSA) is 34.1 Å². The zero-order valence-corrected chi connectivity index (χ0v) is 20.4. The van der Waals surface area contributed by atoms with Crippen molar-refractivity contribution in [2.45, 2.75) is 53.9 Å². The molecule has 0 spiro atoms. The molecule has 0 radical (unpaired) electrons. The van der Waals surface area contributed by atoms with Gasteiger partial charge in [-0.2, -0.15) is 0 Å². The predicted molar refractivity (Wildman–Crippen MR) is 138 cm³/mol. The summed E-state index contributed by atoms with van der Waals surface area (Å²) in [6.45, 7) is 11.1. The highest BCUT2D eigenvalue weighted by Gasteiger charge is 2.31. The maximum Gasteiger partial charge on any atom is 0.197 e. The van der Waals surface area contributed by atoms with E-state index in [0.29, 0.717) is 11.1 Å². The quantitative estimate of drug-likeness (QED) is 0.255. The Balaban J connectivity index is 1.60. The Labute approximate surface area is 198 Å². The third-order valence-electron chi connectivity index (χ3n) is 6.41. The Hall–Kier alpha value is -3.26. The molecule has 2 aliphatic rings. The molecule has 0 atom stereocenters. The summed E-state index contributed by atoms with van der Waals surface area (Å²) in [5.41, 5.74) is 6.74. The van der Waals surface area contributed by atoms with Crippen molar-refractivity contribution in [2.75, 3.05) is 0 Å². The summed E-state index contributed by atoms with van der Waals surface area (Å²) >= 11 is 0. The van der Waals surface area contributed by atoms with E-state index in [4.69, 9.17) is 0 Å². The molecule has 1 aromatic carbocycles. The van der Waals surface area contributed by atoms with Gasteiger partial charge in [-0.15, -0.1) is 0 Å². The van der Waals surface area contributed by atoms with Gasteiger partial charge in [0.05, 0.1) is 5.57 Å². The van der Waals surface area contributed by atoms with E-state index >= 15 is 0 Å². The van der Waals surface area contributed by atoms with Crippen molar-refractivity contribution >= 4 is 11.6 Å². The summed E-state index contributed by atoms with van der Waals surface area (Å²) in [5, 5.41) is 0. The lowest BCUT2D eigenvalue weighted by atomic mass is 9.72. The molecule has 170 valence electrons. The Morgan fingerprint density at radius 1 is 0.879 bits per heavy atom. The fourth-order valence-corrected chi connectivity index (χ4v) is 4.47. The number of Topliss-reactive ketones (excluding diaryl/α,β-unsaturated/α-hetero) is 2. The van der Waals surface area contributed by atoms with Crippen LogP contribution in [0.15, 0.2) is 107 Å². The van der Waals surface area contributed by atoms with Gasteiger partial charge in [-0.3, -0.25) is 9.59 Å². The van der Waals surface area contributed by atoms with Crippen molar-refractivity contribution in [1.82, 2.24) is 0 Å². The van der Waals surface area contributed by atoms with Crippen LogP contribution >= 0.6 is 0 Å². The van der Waals surface area contributed by atoms with E-state index in [1.165, 1.54) is 36.0 Å². The van der Waals surface area contributed by atoms with Gasteiger partial charge in [-0.25, -0.2) is 0 Å². The molecular weight excluding hydrogens is 404 g/mol. The summed E-state index contributed by atoms with van der Waals surface area (Å²) < 4.78 is 0. The fraction of sp³-hybridized carbons (Fsp3) is 0.290. The molecule has 0 amide bonds. The molecule has 0 heterocycles. The normalized spacial score (nSPS) is 19.5. The van der Waals surface area contributed by atoms with Crippen molar-refractivity contribution in [3.05, 3.63) is 118 Å². The molecule has 0 aliphatic heterocycles. The second kappa shape index (κ2) is 10.6. The molecule has 0 N–H and O–H groups in total. The summed E-state index contributed by atoms with van der Waals surface area (Å²) in [5.74, 6) is -0.394. The molecule has 0 bridgehead atoms. The van der Waals surface area contributed by atoms with Gasteiger partial charge in [0.25, 0.3) is 0 Å². The molecule has 1 aromatic rings. The van der Waals surface area contributed by atoms with Gasteiger partial charge in [0.2, 0.25) is 0 Å². The number of carbonyl (C=O) groups is 2. The van der Waals surface area contributed by atoms with Crippen LogP contribution in [0.1, 0.15) is 74.6 Å². The van der Waals surface area contributed by atoms with Crippen LogP contribution in [0.25, 0.3) is 0 Å². The van der Waals surface area contributed by atoms with Crippen molar-refractivity contribution in [3.63, 3.8) is 0 Å². The summed E-state index contributed by atoms with van der Waals surface area (Å²) in [7, 11) is 0. The standard InChI is InChI=1S/C31H34O2/c1-22(12-6-7-18-27-29(32)25-16-8-9-17-26(25)30(27)33)13-10-14-23(2)19-20-28-24(3)15-11-21-31(28,4)5/h6-10,12-14,16-20H,11,15,21H2,1-5H3/b7-6+,13-10+,20-19+,22-12+,23-14+. The number of benzene rings is 1. The highest BCUT2D eigenvalue weighted by Crippen LogP contribution is 2.40. The average Bonchev–Trinajstić information content (AvgIpc) is 3.01. The third-order valence-corrected chi connectivity index (χ3v) is 6.41. The number of carbonyl (C=O) groups excluding carboxylic acids is 2. The van der Waals surface area contributed by atoms with Crippen LogP contribution < -0.4 is 0 Å². The summed E-state index contributed by atoms with van der Waals surface area (Å²) in [6, 6.07) is 6.96. The molecule has 33 heavy (non-hydrogen) atoms. The van der Waals surface area contributed by atoms with Gasteiger partial charge in [-0.1, -0.05) is 103 Å². The number of allylic oxidation sites excluding steroid dienone is 14. The molecule has 0 unspecified atom stereocenters. The van der Waals surface area contributed by atoms with Crippen LogP contribution in [-0.2, 0) is 0 Å². The highest BCUT2D eigenvalue weighted by atomic mass is 16.2.